The fourth-order valence-corrected chi connectivity index (χ4v) is 2.87. The van der Waals surface area contributed by atoms with Crippen molar-refractivity contribution in [1.82, 2.24) is 9.97 Å². The molecule has 0 spiro atoms. The Labute approximate surface area is 123 Å². The number of rotatable bonds is 5. The first-order chi connectivity index (χ1) is 10.2. The third kappa shape index (κ3) is 3.69. The molecule has 1 fully saturated rings. The van der Waals surface area contributed by atoms with E-state index in [-0.39, 0.29) is 18.3 Å². The van der Waals surface area contributed by atoms with Crippen molar-refractivity contribution in [2.24, 2.45) is 5.92 Å². The molecule has 6 nitrogen and oxygen atoms in total. The second kappa shape index (κ2) is 7.36. The third-order valence-electron chi connectivity index (χ3n) is 3.92. The van der Waals surface area contributed by atoms with Gasteiger partial charge in [-0.2, -0.15) is 0 Å². The Hall–Kier alpha value is -1.69. The van der Waals surface area contributed by atoms with Gasteiger partial charge in [0.1, 0.15) is 17.5 Å². The monoisotopic (exact) mass is 294 g/mol. The van der Waals surface area contributed by atoms with E-state index in [1.54, 1.807) is 14.0 Å². The van der Waals surface area contributed by atoms with Gasteiger partial charge in [-0.3, -0.25) is 4.79 Å². The van der Waals surface area contributed by atoms with Crippen molar-refractivity contribution in [3.63, 3.8) is 0 Å². The molecule has 2 rings (SSSR count). The van der Waals surface area contributed by atoms with E-state index >= 15 is 0 Å². The molecule has 1 unspecified atom stereocenters. The minimum Gasteiger partial charge on any atom is -0.462 e. The number of carbonyl (C=O) groups excluding carboxylic acids is 1. The van der Waals surface area contributed by atoms with Crippen LogP contribution in [0.1, 0.15) is 61.3 Å². The molecule has 1 atom stereocenters. The molecule has 0 amide bonds. The highest BCUT2D eigenvalue weighted by molar-refractivity contribution is 5.88. The smallest absolute Gasteiger partial charge is 0.345 e. The average Bonchev–Trinajstić information content (AvgIpc) is 2.49. The number of aromatic amines is 1. The number of hydrogen-bond donors (Lipinski definition) is 1. The Balaban J connectivity index is 2.21. The lowest BCUT2D eigenvalue weighted by Crippen LogP contribution is -2.26. The zero-order valence-electron chi connectivity index (χ0n) is 12.6. The van der Waals surface area contributed by atoms with E-state index in [4.69, 9.17) is 9.47 Å². The molecule has 1 aliphatic rings. The summed E-state index contributed by atoms with van der Waals surface area (Å²) >= 11 is 0. The summed E-state index contributed by atoms with van der Waals surface area (Å²) in [5.41, 5.74) is -0.546. The molecule has 0 bridgehead atoms. The van der Waals surface area contributed by atoms with Crippen molar-refractivity contribution in [3.8, 4) is 0 Å². The molecule has 1 aromatic rings. The van der Waals surface area contributed by atoms with Gasteiger partial charge in [-0.05, 0) is 25.7 Å². The molecular weight excluding hydrogens is 272 g/mol. The van der Waals surface area contributed by atoms with Gasteiger partial charge in [-0.15, -0.1) is 0 Å². The van der Waals surface area contributed by atoms with Gasteiger partial charge >= 0.3 is 5.97 Å². The fraction of sp³-hybridized carbons (Fsp3) is 0.667. The van der Waals surface area contributed by atoms with E-state index in [1.165, 1.54) is 25.5 Å². The number of nitrogens with zero attached hydrogens (tertiary/aromatic N) is 1. The fourth-order valence-electron chi connectivity index (χ4n) is 2.87. The number of carbonyl (C=O) groups is 1. The maximum absolute atomic E-state index is 12.0. The van der Waals surface area contributed by atoms with Crippen LogP contribution < -0.4 is 5.56 Å². The molecule has 0 saturated heterocycles. The van der Waals surface area contributed by atoms with Crippen molar-refractivity contribution in [2.75, 3.05) is 13.7 Å². The lowest BCUT2D eigenvalue weighted by molar-refractivity contribution is 0.0285. The summed E-state index contributed by atoms with van der Waals surface area (Å²) in [5, 5.41) is 0. The quantitative estimate of drug-likeness (QED) is 0.842. The number of nitrogens with one attached hydrogen (secondary N) is 1. The summed E-state index contributed by atoms with van der Waals surface area (Å²) in [6.45, 7) is 1.92. The van der Waals surface area contributed by atoms with Gasteiger partial charge in [0.05, 0.1) is 6.61 Å². The predicted molar refractivity (Wildman–Crippen MR) is 77.1 cm³/mol. The molecule has 0 aliphatic heterocycles. The molecule has 1 N–H and O–H groups in total. The molecule has 0 aromatic carbocycles. The lowest BCUT2D eigenvalue weighted by Gasteiger charge is -2.28. The van der Waals surface area contributed by atoms with Gasteiger partial charge in [0.2, 0.25) is 0 Å². The van der Waals surface area contributed by atoms with Crippen LogP contribution in [0, 0.1) is 5.92 Å². The minimum absolute atomic E-state index is 0.0703. The Morgan fingerprint density at radius 2 is 2.14 bits per heavy atom. The molecule has 6 heteroatoms. The Morgan fingerprint density at radius 1 is 1.43 bits per heavy atom. The maximum Gasteiger partial charge on any atom is 0.345 e. The standard InChI is InChI=1S/C15H22N2O4/c1-3-21-15(19)11-9-16-13(17-14(11)18)12(20-2)10-7-5-4-6-8-10/h9-10,12H,3-8H2,1-2H3,(H,16,17,18). The van der Waals surface area contributed by atoms with Crippen molar-refractivity contribution < 1.29 is 14.3 Å². The summed E-state index contributed by atoms with van der Waals surface area (Å²) in [4.78, 5) is 30.5. The number of esters is 1. The highest BCUT2D eigenvalue weighted by Gasteiger charge is 2.27. The van der Waals surface area contributed by atoms with Crippen LogP contribution in [-0.4, -0.2) is 29.7 Å². The topological polar surface area (TPSA) is 81.3 Å². The summed E-state index contributed by atoms with van der Waals surface area (Å²) in [7, 11) is 1.62. The van der Waals surface area contributed by atoms with Crippen molar-refractivity contribution >= 4 is 5.97 Å². The van der Waals surface area contributed by atoms with Crippen LogP contribution in [0.25, 0.3) is 0 Å². The summed E-state index contributed by atoms with van der Waals surface area (Å²) in [5.74, 6) is 0.201. The van der Waals surface area contributed by atoms with Crippen LogP contribution in [0.3, 0.4) is 0 Å². The van der Waals surface area contributed by atoms with E-state index in [0.717, 1.165) is 12.8 Å². The normalized spacial score (nSPS) is 17.4. The van der Waals surface area contributed by atoms with Crippen LogP contribution in [0.4, 0.5) is 0 Å². The molecule has 0 radical (unpaired) electrons. The first kappa shape index (κ1) is 15.7. The summed E-state index contributed by atoms with van der Waals surface area (Å²) < 4.78 is 10.4. The number of ether oxygens (including phenoxy) is 2. The van der Waals surface area contributed by atoms with Crippen LogP contribution in [-0.2, 0) is 9.47 Å². The average molecular weight is 294 g/mol. The maximum atomic E-state index is 12.0. The van der Waals surface area contributed by atoms with Gasteiger partial charge in [-0.1, -0.05) is 19.3 Å². The molecule has 1 aliphatic carbocycles. The molecular formula is C15H22N2O4. The van der Waals surface area contributed by atoms with Crippen LogP contribution >= 0.6 is 0 Å². The number of aromatic nitrogens is 2. The molecule has 1 saturated carbocycles. The first-order valence-corrected chi connectivity index (χ1v) is 7.46. The largest absolute Gasteiger partial charge is 0.462 e. The summed E-state index contributed by atoms with van der Waals surface area (Å²) in [6, 6.07) is 0. The SMILES string of the molecule is CCOC(=O)c1cnc(C(OC)C2CCCCC2)[nH]c1=O. The van der Waals surface area contributed by atoms with E-state index in [0.29, 0.717) is 11.7 Å². The molecule has 1 aromatic heterocycles. The lowest BCUT2D eigenvalue weighted by atomic mass is 9.85. The van der Waals surface area contributed by atoms with Gasteiger partial charge in [0, 0.05) is 13.3 Å². The van der Waals surface area contributed by atoms with E-state index in [9.17, 15) is 9.59 Å². The van der Waals surface area contributed by atoms with Gasteiger partial charge in [0.15, 0.2) is 0 Å². The zero-order valence-corrected chi connectivity index (χ0v) is 12.6. The van der Waals surface area contributed by atoms with Crippen molar-refractivity contribution in [1.29, 1.82) is 0 Å². The van der Waals surface area contributed by atoms with E-state index in [2.05, 4.69) is 9.97 Å². The van der Waals surface area contributed by atoms with E-state index in [1.807, 2.05) is 0 Å². The first-order valence-electron chi connectivity index (χ1n) is 7.46. The highest BCUT2D eigenvalue weighted by Crippen LogP contribution is 2.34. The number of hydrogen-bond acceptors (Lipinski definition) is 5. The number of H-pyrrole nitrogens is 1. The van der Waals surface area contributed by atoms with Crippen LogP contribution in [0.15, 0.2) is 11.0 Å². The third-order valence-corrected chi connectivity index (χ3v) is 3.92. The molecule has 1 heterocycles. The number of methoxy groups -OCH3 is 1. The highest BCUT2D eigenvalue weighted by atomic mass is 16.5. The second-order valence-corrected chi connectivity index (χ2v) is 5.29. The van der Waals surface area contributed by atoms with Crippen LogP contribution in [0.2, 0.25) is 0 Å². The molecule has 21 heavy (non-hydrogen) atoms. The van der Waals surface area contributed by atoms with Crippen molar-refractivity contribution in [3.05, 3.63) is 27.9 Å². The Bertz CT molecular complexity index is 535. The Kier molecular flexibility index (Phi) is 5.50. The minimum atomic E-state index is -0.649. The molecule has 116 valence electrons. The van der Waals surface area contributed by atoms with Gasteiger partial charge in [-0.25, -0.2) is 9.78 Å². The Morgan fingerprint density at radius 3 is 2.71 bits per heavy atom. The zero-order chi connectivity index (χ0) is 15.2. The predicted octanol–water partition coefficient (Wildman–Crippen LogP) is 2.21. The summed E-state index contributed by atoms with van der Waals surface area (Å²) in [6.07, 6.45) is 6.79. The van der Waals surface area contributed by atoms with Crippen LogP contribution in [0.5, 0.6) is 0 Å². The van der Waals surface area contributed by atoms with Gasteiger partial charge in [0.25, 0.3) is 5.56 Å². The van der Waals surface area contributed by atoms with Crippen molar-refractivity contribution in [2.45, 2.75) is 45.1 Å². The second-order valence-electron chi connectivity index (χ2n) is 5.29. The van der Waals surface area contributed by atoms with E-state index < -0.39 is 11.5 Å². The van der Waals surface area contributed by atoms with Gasteiger partial charge < -0.3 is 14.5 Å².